The highest BCUT2D eigenvalue weighted by molar-refractivity contribution is 8.25. The van der Waals surface area contributed by atoms with E-state index in [0.29, 0.717) is 0 Å². The summed E-state index contributed by atoms with van der Waals surface area (Å²) in [5.41, 5.74) is 4.31. The summed E-state index contributed by atoms with van der Waals surface area (Å²) in [6, 6.07) is 47.4. The first-order valence-electron chi connectivity index (χ1n) is 13.1. The summed E-state index contributed by atoms with van der Waals surface area (Å²) in [5, 5.41) is 9.64. The Morgan fingerprint density at radius 2 is 1.13 bits per heavy atom. The molecule has 0 radical (unpaired) electrons. The molecule has 0 atom stereocenters. The first-order valence-corrected chi connectivity index (χ1v) is 15.9. The molecule has 0 spiro atoms. The number of para-hydroxylation sites is 2. The molecular weight excluding hydrogens is 511 g/mol. The second-order valence-electron chi connectivity index (χ2n) is 9.95. The number of nitrogens with zero attached hydrogens (tertiary/aromatic N) is 2. The first kappa shape index (κ1) is 22.7. The third kappa shape index (κ3) is 3.27. The van der Waals surface area contributed by atoms with Gasteiger partial charge in [-0.2, -0.15) is 0 Å². The van der Waals surface area contributed by atoms with E-state index in [0.717, 1.165) is 16.7 Å². The minimum atomic E-state index is -2.24. The fraction of sp³-hybridized carbons (Fsp3) is 0. The van der Waals surface area contributed by atoms with Crippen molar-refractivity contribution < 1.29 is 0 Å². The number of hydrogen-bond donors (Lipinski definition) is 0. The Kier molecular flexibility index (Phi) is 5.00. The molecule has 0 unspecified atom stereocenters. The molecule has 8 rings (SSSR count). The molecule has 39 heavy (non-hydrogen) atoms. The summed E-state index contributed by atoms with van der Waals surface area (Å²) in [7, 11) is 0. The number of fused-ring (bicyclic) bond motifs is 10. The highest BCUT2D eigenvalue weighted by Crippen LogP contribution is 2.44. The molecule has 8 aromatic rings. The predicted molar refractivity (Wildman–Crippen MR) is 171 cm³/mol. The van der Waals surface area contributed by atoms with E-state index >= 15 is 0 Å². The lowest BCUT2D eigenvalue weighted by Crippen LogP contribution is -2.24. The zero-order valence-corrected chi connectivity index (χ0v) is 22.7. The molecule has 0 amide bonds. The average Bonchev–Trinajstić information content (AvgIpc) is 3.41. The Balaban J connectivity index is 1.50. The highest BCUT2D eigenvalue weighted by atomic mass is 32.4. The largest absolute Gasteiger partial charge is 0.291 e. The van der Waals surface area contributed by atoms with Crippen LogP contribution in [-0.4, -0.2) is 9.38 Å². The predicted octanol–water partition coefficient (Wildman–Crippen LogP) is 7.70. The van der Waals surface area contributed by atoms with Crippen LogP contribution >= 0.6 is 6.04 Å². The molecule has 0 bridgehead atoms. The summed E-state index contributed by atoms with van der Waals surface area (Å²) >= 11 is 6.65. The number of benzene rings is 6. The van der Waals surface area contributed by atoms with Crippen LogP contribution in [0.15, 0.2) is 140 Å². The smallest absolute Gasteiger partial charge is 0.146 e. The third-order valence-corrected chi connectivity index (χ3v) is 12.8. The van der Waals surface area contributed by atoms with Crippen LogP contribution in [0.5, 0.6) is 0 Å². The van der Waals surface area contributed by atoms with Crippen LogP contribution in [0.1, 0.15) is 0 Å². The van der Waals surface area contributed by atoms with Crippen molar-refractivity contribution in [3.8, 4) is 0 Å². The maximum atomic E-state index is 6.65. The van der Waals surface area contributed by atoms with Gasteiger partial charge >= 0.3 is 0 Å². The van der Waals surface area contributed by atoms with Gasteiger partial charge in [-0.1, -0.05) is 133 Å². The number of imidazole rings is 1. The average molecular weight is 535 g/mol. The lowest BCUT2D eigenvalue weighted by molar-refractivity contribution is 1.32. The zero-order chi connectivity index (χ0) is 26.0. The van der Waals surface area contributed by atoms with E-state index < -0.39 is 6.04 Å². The fourth-order valence-corrected chi connectivity index (χ4v) is 9.78. The van der Waals surface area contributed by atoms with Gasteiger partial charge in [0.15, 0.2) is 0 Å². The third-order valence-electron chi connectivity index (χ3n) is 7.82. The van der Waals surface area contributed by atoms with Crippen molar-refractivity contribution in [1.82, 2.24) is 9.38 Å². The van der Waals surface area contributed by atoms with Crippen molar-refractivity contribution in [3.63, 3.8) is 0 Å². The molecule has 4 heteroatoms. The minimum Gasteiger partial charge on any atom is -0.291 e. The Morgan fingerprint density at radius 1 is 0.513 bits per heavy atom. The minimum absolute atomic E-state index is 0.995. The standard InChI is InChI=1S/C35H23N2PS/c39-38(25-11-3-1-4-12-25,26-13-5-2-6-14-26)27-20-22-28-24(23-27)19-21-30-29-15-7-8-16-31(29)35-36-32-17-9-10-18-33(32)37(35)34(28)30/h1-23H. The van der Waals surface area contributed by atoms with Gasteiger partial charge in [0.05, 0.1) is 16.6 Å². The molecule has 6 aromatic carbocycles. The molecule has 2 nitrogen and oxygen atoms in total. The lowest BCUT2D eigenvalue weighted by atomic mass is 10.0. The number of pyridine rings is 1. The molecule has 0 aliphatic carbocycles. The second-order valence-corrected chi connectivity index (χ2v) is 14.4. The van der Waals surface area contributed by atoms with E-state index in [1.165, 1.54) is 48.4 Å². The maximum Gasteiger partial charge on any atom is 0.146 e. The quantitative estimate of drug-likeness (QED) is 0.171. The van der Waals surface area contributed by atoms with Crippen LogP contribution < -0.4 is 15.9 Å². The Labute approximate surface area is 231 Å². The Hall–Kier alpha value is -4.30. The molecule has 0 aliphatic rings. The van der Waals surface area contributed by atoms with Crippen LogP contribution in [-0.2, 0) is 11.8 Å². The molecule has 0 fully saturated rings. The monoisotopic (exact) mass is 534 g/mol. The lowest BCUT2D eigenvalue weighted by Gasteiger charge is -2.24. The van der Waals surface area contributed by atoms with Crippen LogP contribution in [0.3, 0.4) is 0 Å². The van der Waals surface area contributed by atoms with Gasteiger partial charge in [-0.3, -0.25) is 4.40 Å². The molecule has 0 aliphatic heterocycles. The van der Waals surface area contributed by atoms with E-state index in [-0.39, 0.29) is 0 Å². The summed E-state index contributed by atoms with van der Waals surface area (Å²) < 4.78 is 2.35. The number of aromatic nitrogens is 2. The van der Waals surface area contributed by atoms with Crippen molar-refractivity contribution >= 4 is 82.9 Å². The van der Waals surface area contributed by atoms with Crippen molar-refractivity contribution in [1.29, 1.82) is 0 Å². The van der Waals surface area contributed by atoms with Gasteiger partial charge in [0.25, 0.3) is 0 Å². The number of hydrogen-bond acceptors (Lipinski definition) is 2. The van der Waals surface area contributed by atoms with Gasteiger partial charge in [-0.05, 0) is 44.9 Å². The van der Waals surface area contributed by atoms with Crippen molar-refractivity contribution in [2.75, 3.05) is 0 Å². The van der Waals surface area contributed by atoms with Gasteiger partial charge < -0.3 is 0 Å². The molecule has 184 valence electrons. The van der Waals surface area contributed by atoms with E-state index in [1.807, 2.05) is 0 Å². The first-order chi connectivity index (χ1) is 19.2. The molecule has 2 heterocycles. The van der Waals surface area contributed by atoms with E-state index in [2.05, 4.69) is 144 Å². The number of rotatable bonds is 3. The molecule has 2 aromatic heterocycles. The van der Waals surface area contributed by atoms with Gasteiger partial charge in [-0.15, -0.1) is 0 Å². The van der Waals surface area contributed by atoms with Gasteiger partial charge in [0, 0.05) is 22.2 Å². The zero-order valence-electron chi connectivity index (χ0n) is 21.0. The summed E-state index contributed by atoms with van der Waals surface area (Å²) in [5.74, 6) is 0. The topological polar surface area (TPSA) is 17.3 Å². The Bertz CT molecular complexity index is 2210. The van der Waals surface area contributed by atoms with E-state index in [9.17, 15) is 0 Å². The molecular formula is C35H23N2PS. The van der Waals surface area contributed by atoms with Crippen LogP contribution in [0.25, 0.3) is 49.1 Å². The van der Waals surface area contributed by atoms with Crippen LogP contribution in [0.2, 0.25) is 0 Å². The highest BCUT2D eigenvalue weighted by Gasteiger charge is 2.25. The summed E-state index contributed by atoms with van der Waals surface area (Å²) in [6.45, 7) is 0. The second kappa shape index (κ2) is 8.61. The van der Waals surface area contributed by atoms with Gasteiger partial charge in [0.2, 0.25) is 0 Å². The SMILES string of the molecule is S=P(c1ccccc1)(c1ccccc1)c1ccc2c(ccc3c4ccccc4c4nc5ccccc5n4c23)c1. The van der Waals surface area contributed by atoms with Crippen LogP contribution in [0.4, 0.5) is 0 Å². The molecule has 0 saturated heterocycles. The van der Waals surface area contributed by atoms with Gasteiger partial charge in [0.1, 0.15) is 5.65 Å². The summed E-state index contributed by atoms with van der Waals surface area (Å²) in [6.07, 6.45) is 0. The van der Waals surface area contributed by atoms with E-state index in [4.69, 9.17) is 16.8 Å². The molecule has 0 saturated carbocycles. The van der Waals surface area contributed by atoms with E-state index in [1.54, 1.807) is 0 Å². The van der Waals surface area contributed by atoms with Crippen molar-refractivity contribution in [2.24, 2.45) is 0 Å². The maximum absolute atomic E-state index is 6.65. The van der Waals surface area contributed by atoms with Crippen molar-refractivity contribution in [3.05, 3.63) is 140 Å². The summed E-state index contributed by atoms with van der Waals surface area (Å²) in [4.78, 5) is 5.09. The van der Waals surface area contributed by atoms with Crippen LogP contribution in [0, 0.1) is 0 Å². The van der Waals surface area contributed by atoms with Crippen molar-refractivity contribution in [2.45, 2.75) is 0 Å². The molecule has 0 N–H and O–H groups in total. The fourth-order valence-electron chi connectivity index (χ4n) is 6.02. The Morgan fingerprint density at radius 3 is 1.87 bits per heavy atom. The normalized spacial score (nSPS) is 12.2. The van der Waals surface area contributed by atoms with Gasteiger partial charge in [-0.25, -0.2) is 4.98 Å².